The monoisotopic (exact) mass is 512 g/mol. The normalized spacial score (nSPS) is 17.8. The number of hydrogen-bond donors (Lipinski definition) is 3. The number of hydrogen-bond acceptors (Lipinski definition) is 7. The lowest BCUT2D eigenvalue weighted by atomic mass is 9.91. The Hall–Kier alpha value is -3.06. The molecule has 1 fully saturated rings. The van der Waals surface area contributed by atoms with E-state index in [9.17, 15) is 19.2 Å². The van der Waals surface area contributed by atoms with Gasteiger partial charge in [-0.05, 0) is 50.8 Å². The van der Waals surface area contributed by atoms with E-state index in [1.807, 2.05) is 11.0 Å². The summed E-state index contributed by atoms with van der Waals surface area (Å²) >= 11 is 0. The number of aldehydes is 2. The lowest BCUT2D eigenvalue weighted by molar-refractivity contribution is -0.121. The summed E-state index contributed by atoms with van der Waals surface area (Å²) < 4.78 is 5.70. The van der Waals surface area contributed by atoms with E-state index in [1.54, 1.807) is 26.2 Å². The van der Waals surface area contributed by atoms with Crippen molar-refractivity contribution in [2.24, 2.45) is 0 Å². The molecule has 1 aliphatic carbocycles. The van der Waals surface area contributed by atoms with Crippen molar-refractivity contribution in [1.29, 1.82) is 0 Å². The van der Waals surface area contributed by atoms with Crippen LogP contribution >= 0.6 is 0 Å². The molecule has 1 aliphatic rings. The number of carbonyl (C=O) groups excluding carboxylic acids is 4. The van der Waals surface area contributed by atoms with Gasteiger partial charge in [0.2, 0.25) is 12.3 Å². The maximum atomic E-state index is 11.7. The van der Waals surface area contributed by atoms with Gasteiger partial charge in [-0.15, -0.1) is 0 Å². The molecule has 1 saturated carbocycles. The lowest BCUT2D eigenvalue weighted by Gasteiger charge is -2.28. The molecule has 202 valence electrons. The number of likely N-dealkylation sites (N-methyl/N-ethyl adjacent to an activating group) is 1. The van der Waals surface area contributed by atoms with Crippen molar-refractivity contribution in [2.75, 3.05) is 33.9 Å². The van der Waals surface area contributed by atoms with Crippen LogP contribution in [0.3, 0.4) is 0 Å². The van der Waals surface area contributed by atoms with Crippen molar-refractivity contribution in [2.45, 2.75) is 69.6 Å². The lowest BCUT2D eigenvalue weighted by Crippen LogP contribution is -2.40. The largest absolute Gasteiger partial charge is 0.379 e. The van der Waals surface area contributed by atoms with E-state index in [0.29, 0.717) is 50.2 Å². The Balaban J connectivity index is 1.80. The Morgan fingerprint density at radius 2 is 1.92 bits per heavy atom. The molecule has 1 unspecified atom stereocenters. The quantitative estimate of drug-likeness (QED) is 0.174. The van der Waals surface area contributed by atoms with Crippen LogP contribution in [-0.4, -0.2) is 81.8 Å². The van der Waals surface area contributed by atoms with Gasteiger partial charge >= 0.3 is 0 Å². The van der Waals surface area contributed by atoms with Crippen LogP contribution in [0.2, 0.25) is 0 Å². The van der Waals surface area contributed by atoms with Gasteiger partial charge in [0, 0.05) is 56.2 Å². The van der Waals surface area contributed by atoms with Crippen LogP contribution in [0.4, 0.5) is 0 Å². The molecule has 2 rings (SSSR count). The minimum Gasteiger partial charge on any atom is -0.379 e. The highest BCUT2D eigenvalue weighted by Crippen LogP contribution is 2.19. The predicted octanol–water partition coefficient (Wildman–Crippen LogP) is 1.43. The molecule has 3 N–H and O–H groups in total. The molecule has 1 aromatic rings. The summed E-state index contributed by atoms with van der Waals surface area (Å²) in [6.45, 7) is 2.26. The van der Waals surface area contributed by atoms with E-state index in [2.05, 4.69) is 27.8 Å². The number of amides is 2. The van der Waals surface area contributed by atoms with Crippen LogP contribution in [0, 0.1) is 11.8 Å². The zero-order valence-electron chi connectivity index (χ0n) is 22.0. The van der Waals surface area contributed by atoms with Crippen LogP contribution in [0.25, 0.3) is 0 Å². The fraction of sp³-hybridized carbons (Fsp3) is 0.571. The average molecular weight is 513 g/mol. The van der Waals surface area contributed by atoms with Crippen molar-refractivity contribution in [3.8, 4) is 11.8 Å². The van der Waals surface area contributed by atoms with Crippen molar-refractivity contribution in [3.05, 3.63) is 34.9 Å². The summed E-state index contributed by atoms with van der Waals surface area (Å²) in [4.78, 5) is 47.2. The molecule has 37 heavy (non-hydrogen) atoms. The standard InChI is InChI=1S/C28H40N4O5/c1-29-28(36)14-13-26(20-34)32(2)18-27-22(7-5-8-23(27)19-33)6-3-4-16-37-17-15-30-24-9-11-25(12-10-24)31-21-35/h5,7-8,19-21,24-26,30H,4,9-18H2,1-2H3,(H,29,36)(H,31,35). The maximum Gasteiger partial charge on any atom is 0.219 e. The summed E-state index contributed by atoms with van der Waals surface area (Å²) in [6, 6.07) is 5.74. The second-order valence-electron chi connectivity index (χ2n) is 9.27. The Labute approximate surface area is 220 Å². The first-order valence-corrected chi connectivity index (χ1v) is 12.9. The number of carbonyl (C=O) groups is 4. The average Bonchev–Trinajstić information content (AvgIpc) is 2.92. The van der Waals surface area contributed by atoms with E-state index in [4.69, 9.17) is 4.74 Å². The summed E-state index contributed by atoms with van der Waals surface area (Å²) in [7, 11) is 3.37. The third-order valence-corrected chi connectivity index (χ3v) is 6.72. The molecule has 9 nitrogen and oxygen atoms in total. The molecule has 0 aromatic heterocycles. The fourth-order valence-electron chi connectivity index (χ4n) is 4.45. The van der Waals surface area contributed by atoms with Crippen molar-refractivity contribution in [3.63, 3.8) is 0 Å². The molecular weight excluding hydrogens is 472 g/mol. The number of ether oxygens (including phenoxy) is 1. The minimum absolute atomic E-state index is 0.117. The van der Waals surface area contributed by atoms with Gasteiger partial charge in [-0.1, -0.05) is 24.0 Å². The van der Waals surface area contributed by atoms with Gasteiger partial charge < -0.3 is 25.5 Å². The second kappa shape index (κ2) is 17.4. The number of benzene rings is 1. The van der Waals surface area contributed by atoms with Gasteiger partial charge in [0.1, 0.15) is 12.6 Å². The van der Waals surface area contributed by atoms with Crippen molar-refractivity contribution in [1.82, 2.24) is 20.9 Å². The van der Waals surface area contributed by atoms with E-state index in [-0.39, 0.29) is 12.3 Å². The molecule has 0 heterocycles. The number of nitrogens with one attached hydrogen (secondary N) is 3. The van der Waals surface area contributed by atoms with Gasteiger partial charge in [-0.25, -0.2) is 0 Å². The van der Waals surface area contributed by atoms with Gasteiger partial charge in [-0.3, -0.25) is 19.3 Å². The van der Waals surface area contributed by atoms with Crippen LogP contribution in [0.15, 0.2) is 18.2 Å². The summed E-state index contributed by atoms with van der Waals surface area (Å²) in [5.41, 5.74) is 2.05. The van der Waals surface area contributed by atoms with Gasteiger partial charge in [0.15, 0.2) is 0 Å². The smallest absolute Gasteiger partial charge is 0.219 e. The molecule has 1 atom stereocenters. The first kappa shape index (κ1) is 30.2. The van der Waals surface area contributed by atoms with Crippen LogP contribution in [-0.2, 0) is 25.7 Å². The Bertz CT molecular complexity index is 934. The molecule has 0 bridgehead atoms. The molecule has 0 spiro atoms. The molecule has 0 saturated heterocycles. The predicted molar refractivity (Wildman–Crippen MR) is 142 cm³/mol. The zero-order valence-corrected chi connectivity index (χ0v) is 22.0. The molecule has 9 heteroatoms. The molecule has 2 amide bonds. The van der Waals surface area contributed by atoms with Crippen LogP contribution in [0.5, 0.6) is 0 Å². The Morgan fingerprint density at radius 3 is 2.59 bits per heavy atom. The fourth-order valence-corrected chi connectivity index (χ4v) is 4.45. The highest BCUT2D eigenvalue weighted by Gasteiger charge is 2.20. The summed E-state index contributed by atoms with van der Waals surface area (Å²) in [5, 5.41) is 8.93. The van der Waals surface area contributed by atoms with Crippen LogP contribution in [0.1, 0.15) is 66.4 Å². The van der Waals surface area contributed by atoms with Crippen molar-refractivity contribution < 1.29 is 23.9 Å². The van der Waals surface area contributed by atoms with Crippen molar-refractivity contribution >= 4 is 24.9 Å². The van der Waals surface area contributed by atoms with E-state index >= 15 is 0 Å². The molecule has 0 radical (unpaired) electrons. The third-order valence-electron chi connectivity index (χ3n) is 6.72. The first-order chi connectivity index (χ1) is 18.0. The Morgan fingerprint density at radius 1 is 1.16 bits per heavy atom. The third kappa shape index (κ3) is 10.8. The van der Waals surface area contributed by atoms with E-state index in [0.717, 1.165) is 62.3 Å². The summed E-state index contributed by atoms with van der Waals surface area (Å²) in [6.07, 6.45) is 7.74. The zero-order chi connectivity index (χ0) is 26.9. The molecular formula is C28H40N4O5. The maximum absolute atomic E-state index is 11.7. The topological polar surface area (TPSA) is 117 Å². The molecule has 1 aromatic carbocycles. The number of rotatable bonds is 16. The van der Waals surface area contributed by atoms with Gasteiger partial charge in [0.25, 0.3) is 0 Å². The van der Waals surface area contributed by atoms with E-state index in [1.165, 1.54) is 0 Å². The highest BCUT2D eigenvalue weighted by molar-refractivity contribution is 5.79. The van der Waals surface area contributed by atoms with Gasteiger partial charge in [0.05, 0.1) is 19.3 Å². The highest BCUT2D eigenvalue weighted by atomic mass is 16.5. The van der Waals surface area contributed by atoms with E-state index < -0.39 is 6.04 Å². The first-order valence-electron chi connectivity index (χ1n) is 12.9. The molecule has 0 aliphatic heterocycles. The van der Waals surface area contributed by atoms with Crippen LogP contribution < -0.4 is 16.0 Å². The second-order valence-corrected chi connectivity index (χ2v) is 9.27. The number of nitrogens with zero attached hydrogens (tertiary/aromatic N) is 1. The SMILES string of the molecule is CNC(=O)CCC(C=O)N(C)Cc1c(C#CCCOCCNC2CCC(NC=O)CC2)cccc1C=O. The minimum atomic E-state index is -0.442. The summed E-state index contributed by atoms with van der Waals surface area (Å²) in [5.74, 6) is 6.16. The van der Waals surface area contributed by atoms with Gasteiger partial charge in [-0.2, -0.15) is 0 Å². The Kier molecular flexibility index (Phi) is 14.2.